The van der Waals surface area contributed by atoms with Gasteiger partial charge in [0.1, 0.15) is 5.82 Å². The van der Waals surface area contributed by atoms with Gasteiger partial charge in [-0.05, 0) is 25.5 Å². The Morgan fingerprint density at radius 3 is 2.71 bits per heavy atom. The summed E-state index contributed by atoms with van der Waals surface area (Å²) in [5.41, 5.74) is 11.6. The van der Waals surface area contributed by atoms with Gasteiger partial charge in [0.05, 0.1) is 11.6 Å². The van der Waals surface area contributed by atoms with Crippen molar-refractivity contribution in [3.63, 3.8) is 0 Å². The van der Waals surface area contributed by atoms with Crippen LogP contribution in [-0.4, -0.2) is 23.5 Å². The predicted octanol–water partition coefficient (Wildman–Crippen LogP) is 0.894. The second-order valence-corrected chi connectivity index (χ2v) is 4.38. The highest BCUT2D eigenvalue weighted by Gasteiger charge is 2.18. The molecule has 6 heteroatoms. The minimum Gasteiger partial charge on any atom is -0.368 e. The van der Waals surface area contributed by atoms with Crippen molar-refractivity contribution < 1.29 is 4.79 Å². The summed E-state index contributed by atoms with van der Waals surface area (Å²) in [4.78, 5) is 17.0. The Bertz CT molecular complexity index is 408. The second-order valence-electron chi connectivity index (χ2n) is 4.00. The molecule has 0 aliphatic carbocycles. The number of hydrogen-bond acceptors (Lipinski definition) is 4. The van der Waals surface area contributed by atoms with Crippen LogP contribution in [0.3, 0.4) is 0 Å². The van der Waals surface area contributed by atoms with E-state index < -0.39 is 5.91 Å². The van der Waals surface area contributed by atoms with Crippen LogP contribution in [-0.2, 0) is 11.3 Å². The zero-order chi connectivity index (χ0) is 13.0. The molecule has 94 valence electrons. The fourth-order valence-electron chi connectivity index (χ4n) is 1.50. The quantitative estimate of drug-likeness (QED) is 0.820. The van der Waals surface area contributed by atoms with Crippen LogP contribution in [0.4, 0.5) is 5.82 Å². The Kier molecular flexibility index (Phi) is 4.72. The maximum absolute atomic E-state index is 11.0. The van der Waals surface area contributed by atoms with Gasteiger partial charge in [-0.1, -0.05) is 11.6 Å². The molecule has 4 N–H and O–H groups in total. The van der Waals surface area contributed by atoms with Crippen molar-refractivity contribution in [2.75, 3.05) is 11.4 Å². The van der Waals surface area contributed by atoms with E-state index in [0.29, 0.717) is 17.4 Å². The van der Waals surface area contributed by atoms with Crippen molar-refractivity contribution in [2.24, 2.45) is 11.5 Å². The van der Waals surface area contributed by atoms with E-state index in [-0.39, 0.29) is 12.6 Å². The molecule has 0 radical (unpaired) electrons. The van der Waals surface area contributed by atoms with Crippen molar-refractivity contribution in [3.8, 4) is 0 Å². The van der Waals surface area contributed by atoms with E-state index in [2.05, 4.69) is 4.98 Å². The third kappa shape index (κ3) is 3.31. The van der Waals surface area contributed by atoms with Gasteiger partial charge in [0, 0.05) is 18.8 Å². The van der Waals surface area contributed by atoms with E-state index in [1.54, 1.807) is 17.2 Å². The topological polar surface area (TPSA) is 85.2 Å². The summed E-state index contributed by atoms with van der Waals surface area (Å²) in [6, 6.07) is 1.83. The van der Waals surface area contributed by atoms with Gasteiger partial charge < -0.3 is 16.4 Å². The third-order valence-corrected chi connectivity index (χ3v) is 2.80. The average molecular weight is 257 g/mol. The monoisotopic (exact) mass is 256 g/mol. The SMILES string of the molecule is CC(C)N(CC(N)=O)c1nccc(CN)c1Cl. The van der Waals surface area contributed by atoms with Gasteiger partial charge in [-0.15, -0.1) is 0 Å². The van der Waals surface area contributed by atoms with E-state index in [1.807, 2.05) is 13.8 Å². The van der Waals surface area contributed by atoms with Crippen LogP contribution >= 0.6 is 11.6 Å². The fourth-order valence-corrected chi connectivity index (χ4v) is 1.80. The maximum atomic E-state index is 11.0. The summed E-state index contributed by atoms with van der Waals surface area (Å²) in [5, 5.41) is 0.477. The highest BCUT2D eigenvalue weighted by atomic mass is 35.5. The van der Waals surface area contributed by atoms with E-state index >= 15 is 0 Å². The number of amides is 1. The van der Waals surface area contributed by atoms with Gasteiger partial charge in [0.15, 0.2) is 0 Å². The average Bonchev–Trinajstić information content (AvgIpc) is 2.26. The smallest absolute Gasteiger partial charge is 0.237 e. The number of carbonyl (C=O) groups is 1. The molecule has 1 rings (SSSR count). The van der Waals surface area contributed by atoms with E-state index in [1.165, 1.54) is 0 Å². The lowest BCUT2D eigenvalue weighted by molar-refractivity contribution is -0.116. The number of anilines is 1. The van der Waals surface area contributed by atoms with Gasteiger partial charge in [0.25, 0.3) is 0 Å². The van der Waals surface area contributed by atoms with Crippen LogP contribution in [0.1, 0.15) is 19.4 Å². The minimum absolute atomic E-state index is 0.0699. The summed E-state index contributed by atoms with van der Waals surface area (Å²) in [6.45, 7) is 4.29. The first kappa shape index (κ1) is 13.7. The number of carbonyl (C=O) groups excluding carboxylic acids is 1. The molecule has 0 fully saturated rings. The van der Waals surface area contributed by atoms with Crippen molar-refractivity contribution in [2.45, 2.75) is 26.4 Å². The molecule has 5 nitrogen and oxygen atoms in total. The third-order valence-electron chi connectivity index (χ3n) is 2.39. The molecule has 1 aromatic rings. The summed E-state index contributed by atoms with van der Waals surface area (Å²) in [6.07, 6.45) is 1.62. The largest absolute Gasteiger partial charge is 0.368 e. The highest BCUT2D eigenvalue weighted by Crippen LogP contribution is 2.27. The Balaban J connectivity index is 3.14. The molecule has 0 aliphatic rings. The lowest BCUT2D eigenvalue weighted by Gasteiger charge is -2.27. The van der Waals surface area contributed by atoms with Crippen molar-refractivity contribution in [1.82, 2.24) is 4.98 Å². The molecule has 0 spiro atoms. The number of halogens is 1. The molecule has 1 amide bonds. The maximum Gasteiger partial charge on any atom is 0.237 e. The van der Waals surface area contributed by atoms with Crippen LogP contribution in [0.25, 0.3) is 0 Å². The molecule has 0 saturated heterocycles. The van der Waals surface area contributed by atoms with E-state index in [0.717, 1.165) is 5.56 Å². The van der Waals surface area contributed by atoms with Gasteiger partial charge in [0.2, 0.25) is 5.91 Å². The Morgan fingerprint density at radius 1 is 1.59 bits per heavy atom. The predicted molar refractivity (Wildman–Crippen MR) is 68.8 cm³/mol. The van der Waals surface area contributed by atoms with Gasteiger partial charge >= 0.3 is 0 Å². The number of nitrogens with zero attached hydrogens (tertiary/aromatic N) is 2. The summed E-state index contributed by atoms with van der Waals surface area (Å²) >= 11 is 6.19. The summed E-state index contributed by atoms with van der Waals surface area (Å²) in [5.74, 6) is 0.123. The number of nitrogens with two attached hydrogens (primary N) is 2. The normalized spacial score (nSPS) is 10.6. The van der Waals surface area contributed by atoms with Crippen LogP contribution in [0.2, 0.25) is 5.02 Å². The molecule has 0 aromatic carbocycles. The molecule has 1 heterocycles. The zero-order valence-corrected chi connectivity index (χ0v) is 10.7. The molecule has 0 unspecified atom stereocenters. The van der Waals surface area contributed by atoms with Crippen molar-refractivity contribution in [3.05, 3.63) is 22.8 Å². The molecule has 0 bridgehead atoms. The highest BCUT2D eigenvalue weighted by molar-refractivity contribution is 6.33. The molecule has 17 heavy (non-hydrogen) atoms. The van der Waals surface area contributed by atoms with Gasteiger partial charge in [-0.2, -0.15) is 0 Å². The minimum atomic E-state index is -0.422. The summed E-state index contributed by atoms with van der Waals surface area (Å²) < 4.78 is 0. The fraction of sp³-hybridized carbons (Fsp3) is 0.455. The Labute approximate surface area is 106 Å². The number of aromatic nitrogens is 1. The molecular weight excluding hydrogens is 240 g/mol. The van der Waals surface area contributed by atoms with Crippen molar-refractivity contribution >= 4 is 23.3 Å². The molecular formula is C11H17ClN4O. The first-order valence-electron chi connectivity index (χ1n) is 5.35. The lowest BCUT2D eigenvalue weighted by atomic mass is 10.2. The Morgan fingerprint density at radius 2 is 2.24 bits per heavy atom. The first-order valence-corrected chi connectivity index (χ1v) is 5.73. The second kappa shape index (κ2) is 5.84. The number of rotatable bonds is 5. The first-order chi connectivity index (χ1) is 7.97. The van der Waals surface area contributed by atoms with Crippen molar-refractivity contribution in [1.29, 1.82) is 0 Å². The van der Waals surface area contributed by atoms with Gasteiger partial charge in [-0.25, -0.2) is 4.98 Å². The number of primary amides is 1. The molecule has 0 aliphatic heterocycles. The van der Waals surface area contributed by atoms with E-state index in [4.69, 9.17) is 23.1 Å². The molecule has 0 atom stereocenters. The zero-order valence-electron chi connectivity index (χ0n) is 9.98. The molecule has 1 aromatic heterocycles. The van der Waals surface area contributed by atoms with Crippen LogP contribution in [0, 0.1) is 0 Å². The number of pyridine rings is 1. The van der Waals surface area contributed by atoms with Crippen LogP contribution in [0.5, 0.6) is 0 Å². The van der Waals surface area contributed by atoms with Crippen LogP contribution < -0.4 is 16.4 Å². The molecule has 0 saturated carbocycles. The Hall–Kier alpha value is -1.33. The standard InChI is InChI=1S/C11H17ClN4O/c1-7(2)16(6-9(14)17)11-10(12)8(5-13)3-4-15-11/h3-4,7H,5-6,13H2,1-2H3,(H2,14,17). The lowest BCUT2D eigenvalue weighted by Crippen LogP contribution is -2.39. The number of hydrogen-bond donors (Lipinski definition) is 2. The van der Waals surface area contributed by atoms with E-state index in [9.17, 15) is 4.79 Å². The van der Waals surface area contributed by atoms with Crippen LogP contribution in [0.15, 0.2) is 12.3 Å². The van der Waals surface area contributed by atoms with Gasteiger partial charge in [-0.3, -0.25) is 4.79 Å². The summed E-state index contributed by atoms with van der Waals surface area (Å²) in [7, 11) is 0.